The Balaban J connectivity index is 1.40. The Morgan fingerprint density at radius 3 is 2.66 bits per heavy atom. The molecule has 2 amide bonds. The van der Waals surface area contributed by atoms with Crippen molar-refractivity contribution in [3.05, 3.63) is 30.1 Å². The maximum atomic E-state index is 13.3. The summed E-state index contributed by atoms with van der Waals surface area (Å²) in [6.45, 7) is 7.50. The van der Waals surface area contributed by atoms with Crippen LogP contribution >= 0.6 is 0 Å². The molecule has 1 aliphatic heterocycles. The third kappa shape index (κ3) is 6.51. The Labute approximate surface area is 172 Å². The molecule has 1 saturated carbocycles. The van der Waals surface area contributed by atoms with Crippen molar-refractivity contribution in [2.45, 2.75) is 51.6 Å². The largest absolute Gasteiger partial charge is 0.352 e. The van der Waals surface area contributed by atoms with Crippen LogP contribution in [0.15, 0.2) is 24.3 Å². The average molecular weight is 405 g/mol. The Hall–Kier alpha value is -1.99. The van der Waals surface area contributed by atoms with Crippen molar-refractivity contribution in [1.82, 2.24) is 15.1 Å². The number of nitrogens with zero attached hydrogens (tertiary/aromatic N) is 2. The van der Waals surface area contributed by atoms with Gasteiger partial charge in [0.1, 0.15) is 5.82 Å². The third-order valence-electron chi connectivity index (χ3n) is 6.09. The lowest BCUT2D eigenvalue weighted by Gasteiger charge is -2.37. The molecule has 29 heavy (non-hydrogen) atoms. The van der Waals surface area contributed by atoms with E-state index in [0.29, 0.717) is 24.2 Å². The van der Waals surface area contributed by atoms with Crippen molar-refractivity contribution in [3.63, 3.8) is 0 Å². The Morgan fingerprint density at radius 2 is 1.97 bits per heavy atom. The van der Waals surface area contributed by atoms with Gasteiger partial charge in [0.15, 0.2) is 0 Å². The van der Waals surface area contributed by atoms with Gasteiger partial charge in [-0.05, 0) is 43.9 Å². The van der Waals surface area contributed by atoms with Crippen LogP contribution in [0.25, 0.3) is 0 Å². The van der Waals surface area contributed by atoms with E-state index >= 15 is 0 Å². The van der Waals surface area contributed by atoms with Crippen LogP contribution in [0.5, 0.6) is 0 Å². The number of carbonyl (C=O) groups excluding carboxylic acids is 2. The summed E-state index contributed by atoms with van der Waals surface area (Å²) in [7, 11) is 0. The van der Waals surface area contributed by atoms with Crippen molar-refractivity contribution in [2.75, 3.05) is 38.0 Å². The van der Waals surface area contributed by atoms with Crippen LogP contribution < -0.4 is 10.6 Å². The lowest BCUT2D eigenvalue weighted by atomic mass is 9.87. The summed E-state index contributed by atoms with van der Waals surface area (Å²) in [6.07, 6.45) is 4.62. The number of nitrogens with one attached hydrogen (secondary N) is 2. The molecule has 7 heteroatoms. The normalized spacial score (nSPS) is 24.7. The predicted molar refractivity (Wildman–Crippen MR) is 112 cm³/mol. The fraction of sp³-hybridized carbons (Fsp3) is 0.636. The van der Waals surface area contributed by atoms with E-state index in [4.69, 9.17) is 0 Å². The Morgan fingerprint density at radius 1 is 1.21 bits per heavy atom. The highest BCUT2D eigenvalue weighted by Crippen LogP contribution is 2.23. The summed E-state index contributed by atoms with van der Waals surface area (Å²) >= 11 is 0. The fourth-order valence-electron chi connectivity index (χ4n) is 4.33. The molecule has 6 nitrogen and oxygen atoms in total. The summed E-state index contributed by atoms with van der Waals surface area (Å²) in [5.41, 5.74) is 0.467. The van der Waals surface area contributed by atoms with Gasteiger partial charge >= 0.3 is 0 Å². The minimum Gasteiger partial charge on any atom is -0.352 e. The van der Waals surface area contributed by atoms with Crippen LogP contribution in [0.1, 0.15) is 39.5 Å². The number of anilines is 1. The second-order valence-electron chi connectivity index (χ2n) is 8.52. The van der Waals surface area contributed by atoms with E-state index in [0.717, 1.165) is 39.0 Å². The number of halogens is 1. The number of carbonyl (C=O) groups is 2. The number of benzene rings is 1. The lowest BCUT2D eigenvalue weighted by molar-refractivity contribution is -0.125. The van der Waals surface area contributed by atoms with Crippen LogP contribution in [-0.2, 0) is 9.59 Å². The zero-order chi connectivity index (χ0) is 20.8. The summed E-state index contributed by atoms with van der Waals surface area (Å²) in [5, 5.41) is 5.97. The molecule has 1 aliphatic carbocycles. The van der Waals surface area contributed by atoms with Crippen LogP contribution in [0.2, 0.25) is 0 Å². The van der Waals surface area contributed by atoms with E-state index in [1.165, 1.54) is 25.0 Å². The standard InChI is InChI=1S/C22H33FN4O2/c1-16-5-3-7-19(13-16)24-21(28)15-26-9-11-27(12-10-26)17(2)22(29)25-20-8-4-6-18(23)14-20/h4,6,8,14,16-17,19H,3,5,7,9-13,15H2,1-2H3,(H,24,28)(H,25,29). The second-order valence-corrected chi connectivity index (χ2v) is 8.52. The molecule has 0 radical (unpaired) electrons. The highest BCUT2D eigenvalue weighted by Gasteiger charge is 2.27. The van der Waals surface area contributed by atoms with Gasteiger partial charge in [0.05, 0.1) is 12.6 Å². The van der Waals surface area contributed by atoms with Crippen LogP contribution in [0.3, 0.4) is 0 Å². The van der Waals surface area contributed by atoms with E-state index in [1.54, 1.807) is 12.1 Å². The second kappa shape index (κ2) is 10.2. The summed E-state index contributed by atoms with van der Waals surface area (Å²) in [6, 6.07) is 5.93. The summed E-state index contributed by atoms with van der Waals surface area (Å²) in [4.78, 5) is 29.1. The summed E-state index contributed by atoms with van der Waals surface area (Å²) < 4.78 is 13.3. The Bertz CT molecular complexity index is 706. The molecule has 3 atom stereocenters. The molecule has 1 heterocycles. The maximum Gasteiger partial charge on any atom is 0.241 e. The number of hydrogen-bond acceptors (Lipinski definition) is 4. The van der Waals surface area contributed by atoms with E-state index in [1.807, 2.05) is 6.92 Å². The molecular formula is C22H33FN4O2. The third-order valence-corrected chi connectivity index (χ3v) is 6.09. The topological polar surface area (TPSA) is 64.7 Å². The molecular weight excluding hydrogens is 371 g/mol. The molecule has 3 unspecified atom stereocenters. The fourth-order valence-corrected chi connectivity index (χ4v) is 4.33. The highest BCUT2D eigenvalue weighted by molar-refractivity contribution is 5.94. The minimum absolute atomic E-state index is 0.106. The molecule has 2 aliphatic rings. The van der Waals surface area contributed by atoms with Gasteiger partial charge in [0.2, 0.25) is 11.8 Å². The molecule has 0 bridgehead atoms. The van der Waals surface area contributed by atoms with E-state index < -0.39 is 0 Å². The molecule has 1 saturated heterocycles. The number of amides is 2. The number of rotatable bonds is 6. The first kappa shape index (κ1) is 21.7. The van der Waals surface area contributed by atoms with E-state index in [9.17, 15) is 14.0 Å². The first-order valence-corrected chi connectivity index (χ1v) is 10.7. The van der Waals surface area contributed by atoms with Gasteiger partial charge in [-0.25, -0.2) is 4.39 Å². The van der Waals surface area contributed by atoms with Gasteiger partial charge in [0.25, 0.3) is 0 Å². The summed E-state index contributed by atoms with van der Waals surface area (Å²) in [5.74, 6) is 0.283. The van der Waals surface area contributed by atoms with Gasteiger partial charge in [-0.2, -0.15) is 0 Å². The van der Waals surface area contributed by atoms with E-state index in [-0.39, 0.29) is 23.7 Å². The van der Waals surface area contributed by atoms with Gasteiger partial charge in [-0.1, -0.05) is 25.8 Å². The smallest absolute Gasteiger partial charge is 0.241 e. The molecule has 1 aromatic rings. The van der Waals surface area contributed by atoms with Gasteiger partial charge in [-0.15, -0.1) is 0 Å². The first-order chi connectivity index (χ1) is 13.9. The van der Waals surface area contributed by atoms with Crippen LogP contribution in [-0.4, -0.2) is 66.4 Å². The SMILES string of the molecule is CC1CCCC(NC(=O)CN2CCN(C(C)C(=O)Nc3cccc(F)c3)CC2)C1. The highest BCUT2D eigenvalue weighted by atomic mass is 19.1. The minimum atomic E-state index is -0.370. The zero-order valence-corrected chi connectivity index (χ0v) is 17.5. The first-order valence-electron chi connectivity index (χ1n) is 10.7. The quantitative estimate of drug-likeness (QED) is 0.765. The van der Waals surface area contributed by atoms with Gasteiger partial charge in [-0.3, -0.25) is 19.4 Å². The molecule has 2 fully saturated rings. The van der Waals surface area contributed by atoms with Crippen molar-refractivity contribution in [2.24, 2.45) is 5.92 Å². The zero-order valence-electron chi connectivity index (χ0n) is 17.5. The molecule has 3 rings (SSSR count). The Kier molecular flexibility index (Phi) is 7.61. The van der Waals surface area contributed by atoms with Crippen molar-refractivity contribution < 1.29 is 14.0 Å². The molecule has 1 aromatic carbocycles. The maximum absolute atomic E-state index is 13.3. The van der Waals surface area contributed by atoms with Crippen molar-refractivity contribution in [1.29, 1.82) is 0 Å². The molecule has 0 aromatic heterocycles. The molecule has 160 valence electrons. The molecule has 2 N–H and O–H groups in total. The van der Waals surface area contributed by atoms with Crippen molar-refractivity contribution >= 4 is 17.5 Å². The average Bonchev–Trinajstić information content (AvgIpc) is 2.68. The van der Waals surface area contributed by atoms with Crippen LogP contribution in [0, 0.1) is 11.7 Å². The monoisotopic (exact) mass is 404 g/mol. The van der Waals surface area contributed by atoms with Gasteiger partial charge in [0, 0.05) is 37.9 Å². The van der Waals surface area contributed by atoms with E-state index in [2.05, 4.69) is 27.4 Å². The lowest BCUT2D eigenvalue weighted by Crippen LogP contribution is -2.54. The predicted octanol–water partition coefficient (Wildman–Crippen LogP) is 2.47. The molecule has 0 spiro atoms. The number of hydrogen-bond donors (Lipinski definition) is 2. The van der Waals surface area contributed by atoms with Gasteiger partial charge < -0.3 is 10.6 Å². The van der Waals surface area contributed by atoms with Crippen LogP contribution in [0.4, 0.5) is 10.1 Å². The number of piperazine rings is 1. The van der Waals surface area contributed by atoms with Crippen molar-refractivity contribution in [3.8, 4) is 0 Å².